The number of aliphatic carboxylic acids is 1. The first-order valence-corrected chi connectivity index (χ1v) is 10.7. The molecule has 2 fully saturated rings. The van der Waals surface area contributed by atoms with Gasteiger partial charge in [0, 0.05) is 12.0 Å². The van der Waals surface area contributed by atoms with Gasteiger partial charge in [-0.15, -0.1) is 0 Å². The standard InChI is InChI=1S/C23H32O5/c1-3-27-14-28-16-5-7-17-15(12-16)4-6-19-18(17)8-10-22(2)20(19)9-11-23(22,26)13-21(24)25/h5,7,12,18-20,26H,3-4,6,8-11,13-14H2,1-2H3,(H,24,25)/t18-,19-,20+,22+,23-/m1/s1. The van der Waals surface area contributed by atoms with Crippen LogP contribution in [-0.4, -0.2) is 35.2 Å². The summed E-state index contributed by atoms with van der Waals surface area (Å²) in [7, 11) is 0. The van der Waals surface area contributed by atoms with Crippen LogP contribution in [0.25, 0.3) is 0 Å². The summed E-state index contributed by atoms with van der Waals surface area (Å²) in [6.07, 6.45) is 5.46. The molecule has 1 aromatic rings. The van der Waals surface area contributed by atoms with Gasteiger partial charge in [-0.1, -0.05) is 13.0 Å². The van der Waals surface area contributed by atoms with Gasteiger partial charge in [-0.2, -0.15) is 0 Å². The van der Waals surface area contributed by atoms with Gasteiger partial charge in [-0.25, -0.2) is 0 Å². The Kier molecular flexibility index (Phi) is 5.17. The van der Waals surface area contributed by atoms with Crippen molar-refractivity contribution in [1.29, 1.82) is 0 Å². The first kappa shape index (κ1) is 19.7. The normalized spacial score (nSPS) is 36.3. The van der Waals surface area contributed by atoms with Crippen molar-refractivity contribution in [2.24, 2.45) is 17.3 Å². The maximum absolute atomic E-state index is 11.4. The molecule has 0 radical (unpaired) electrons. The van der Waals surface area contributed by atoms with Crippen molar-refractivity contribution in [3.63, 3.8) is 0 Å². The third-order valence-corrected chi connectivity index (χ3v) is 7.98. The van der Waals surface area contributed by atoms with Crippen LogP contribution >= 0.6 is 0 Å². The zero-order valence-electron chi connectivity index (χ0n) is 16.9. The van der Waals surface area contributed by atoms with Gasteiger partial charge in [-0.3, -0.25) is 4.79 Å². The summed E-state index contributed by atoms with van der Waals surface area (Å²) in [5.41, 5.74) is 1.45. The Hall–Kier alpha value is -1.59. The number of rotatable bonds is 6. The van der Waals surface area contributed by atoms with Gasteiger partial charge in [0.05, 0.1) is 12.0 Å². The van der Waals surface area contributed by atoms with E-state index in [4.69, 9.17) is 9.47 Å². The van der Waals surface area contributed by atoms with Crippen molar-refractivity contribution in [1.82, 2.24) is 0 Å². The van der Waals surface area contributed by atoms with E-state index in [1.807, 2.05) is 13.0 Å². The molecule has 2 saturated carbocycles. The molecule has 2 N–H and O–H groups in total. The van der Waals surface area contributed by atoms with Gasteiger partial charge >= 0.3 is 5.97 Å². The molecule has 28 heavy (non-hydrogen) atoms. The molecule has 0 amide bonds. The highest BCUT2D eigenvalue weighted by atomic mass is 16.7. The third kappa shape index (κ3) is 3.13. The Labute approximate surface area is 167 Å². The van der Waals surface area contributed by atoms with E-state index in [-0.39, 0.29) is 18.6 Å². The number of carboxylic acid groups (broad SMARTS) is 1. The van der Waals surface area contributed by atoms with Crippen molar-refractivity contribution in [2.45, 2.75) is 70.3 Å². The SMILES string of the molecule is CCOCOc1ccc2c(c1)CC[C@@H]1[C@@H]2CC[C@@]2(C)[C@H]1CC[C@@]2(O)CC(=O)O. The summed E-state index contributed by atoms with van der Waals surface area (Å²) < 4.78 is 11.0. The largest absolute Gasteiger partial charge is 0.481 e. The van der Waals surface area contributed by atoms with Crippen LogP contribution in [0.2, 0.25) is 0 Å². The molecule has 0 unspecified atom stereocenters. The van der Waals surface area contributed by atoms with E-state index in [9.17, 15) is 15.0 Å². The molecule has 5 nitrogen and oxygen atoms in total. The van der Waals surface area contributed by atoms with Crippen molar-refractivity contribution in [2.75, 3.05) is 13.4 Å². The number of benzene rings is 1. The van der Waals surface area contributed by atoms with Crippen LogP contribution in [0.3, 0.4) is 0 Å². The smallest absolute Gasteiger partial charge is 0.306 e. The predicted molar refractivity (Wildman–Crippen MR) is 105 cm³/mol. The molecule has 0 aliphatic heterocycles. The molecule has 0 aromatic heterocycles. The summed E-state index contributed by atoms with van der Waals surface area (Å²) in [6, 6.07) is 6.42. The maximum atomic E-state index is 11.4. The first-order valence-electron chi connectivity index (χ1n) is 10.7. The zero-order chi connectivity index (χ0) is 19.9. The summed E-state index contributed by atoms with van der Waals surface area (Å²) in [5, 5.41) is 20.6. The van der Waals surface area contributed by atoms with Crippen LogP contribution in [0.4, 0.5) is 0 Å². The predicted octanol–water partition coefficient (Wildman–Crippen LogP) is 4.12. The van der Waals surface area contributed by atoms with E-state index in [2.05, 4.69) is 19.1 Å². The van der Waals surface area contributed by atoms with E-state index >= 15 is 0 Å². The molecule has 3 aliphatic rings. The lowest BCUT2D eigenvalue weighted by molar-refractivity contribution is -0.153. The number of aliphatic hydroxyl groups is 1. The van der Waals surface area contributed by atoms with E-state index in [0.717, 1.165) is 37.9 Å². The third-order valence-electron chi connectivity index (χ3n) is 7.98. The quantitative estimate of drug-likeness (QED) is 0.566. The van der Waals surface area contributed by atoms with Crippen LogP contribution in [0.5, 0.6) is 5.75 Å². The van der Waals surface area contributed by atoms with E-state index in [0.29, 0.717) is 30.8 Å². The molecule has 1 aromatic carbocycles. The average molecular weight is 389 g/mol. The molecular formula is C23H32O5. The number of carbonyl (C=O) groups is 1. The zero-order valence-corrected chi connectivity index (χ0v) is 16.9. The van der Waals surface area contributed by atoms with Crippen molar-refractivity contribution in [3.05, 3.63) is 29.3 Å². The molecule has 0 heterocycles. The van der Waals surface area contributed by atoms with Crippen LogP contribution in [-0.2, 0) is 16.0 Å². The highest BCUT2D eigenvalue weighted by Gasteiger charge is 2.61. The minimum atomic E-state index is -1.06. The molecule has 3 aliphatic carbocycles. The fourth-order valence-electron chi connectivity index (χ4n) is 6.49. The molecular weight excluding hydrogens is 356 g/mol. The Balaban J connectivity index is 1.55. The highest BCUT2D eigenvalue weighted by Crippen LogP contribution is 2.65. The van der Waals surface area contributed by atoms with Crippen molar-refractivity contribution < 1.29 is 24.5 Å². The van der Waals surface area contributed by atoms with Gasteiger partial charge in [0.1, 0.15) is 5.75 Å². The summed E-state index contributed by atoms with van der Waals surface area (Å²) in [6.45, 7) is 5.02. The van der Waals surface area contributed by atoms with Gasteiger partial charge < -0.3 is 19.7 Å². The molecule has 4 rings (SSSR count). The minimum Gasteiger partial charge on any atom is -0.481 e. The number of carboxylic acids is 1. The fraction of sp³-hybridized carbons (Fsp3) is 0.696. The number of hydrogen-bond donors (Lipinski definition) is 2. The molecule has 5 atom stereocenters. The monoisotopic (exact) mass is 388 g/mol. The van der Waals surface area contributed by atoms with Crippen LogP contribution in [0.1, 0.15) is 69.4 Å². The fourth-order valence-corrected chi connectivity index (χ4v) is 6.49. The van der Waals surface area contributed by atoms with Gasteiger partial charge in [0.25, 0.3) is 0 Å². The summed E-state index contributed by atoms with van der Waals surface area (Å²) >= 11 is 0. The number of fused-ring (bicyclic) bond motifs is 5. The number of hydrogen-bond acceptors (Lipinski definition) is 4. The number of ether oxygens (including phenoxy) is 2. The lowest BCUT2D eigenvalue weighted by atomic mass is 9.53. The average Bonchev–Trinajstić information content (AvgIpc) is 2.92. The molecule has 154 valence electrons. The molecule has 0 spiro atoms. The van der Waals surface area contributed by atoms with Crippen molar-refractivity contribution >= 4 is 5.97 Å². The Morgan fingerprint density at radius 1 is 1.25 bits per heavy atom. The Bertz CT molecular complexity index is 747. The van der Waals surface area contributed by atoms with E-state index < -0.39 is 11.6 Å². The van der Waals surface area contributed by atoms with Gasteiger partial charge in [0.15, 0.2) is 6.79 Å². The molecule has 0 saturated heterocycles. The second-order valence-corrected chi connectivity index (χ2v) is 9.13. The second-order valence-electron chi connectivity index (χ2n) is 9.13. The Morgan fingerprint density at radius 3 is 2.82 bits per heavy atom. The molecule has 0 bridgehead atoms. The maximum Gasteiger partial charge on any atom is 0.306 e. The summed E-state index contributed by atoms with van der Waals surface area (Å²) in [4.78, 5) is 11.4. The topological polar surface area (TPSA) is 76.0 Å². The summed E-state index contributed by atoms with van der Waals surface area (Å²) in [5.74, 6) is 1.42. The Morgan fingerprint density at radius 2 is 2.07 bits per heavy atom. The number of aryl methyl sites for hydroxylation is 1. The van der Waals surface area contributed by atoms with Crippen molar-refractivity contribution in [3.8, 4) is 5.75 Å². The van der Waals surface area contributed by atoms with Gasteiger partial charge in [-0.05, 0) is 86.5 Å². The van der Waals surface area contributed by atoms with Gasteiger partial charge in [0.2, 0.25) is 0 Å². The minimum absolute atomic E-state index is 0.130. The van der Waals surface area contributed by atoms with Crippen LogP contribution in [0.15, 0.2) is 18.2 Å². The lowest BCUT2D eigenvalue weighted by Gasteiger charge is -2.53. The van der Waals surface area contributed by atoms with Crippen LogP contribution < -0.4 is 4.74 Å². The van der Waals surface area contributed by atoms with E-state index in [1.165, 1.54) is 11.1 Å². The van der Waals surface area contributed by atoms with E-state index in [1.54, 1.807) is 0 Å². The molecule has 5 heteroatoms. The van der Waals surface area contributed by atoms with Crippen LogP contribution in [0, 0.1) is 17.3 Å². The first-order chi connectivity index (χ1) is 13.4. The lowest BCUT2D eigenvalue weighted by Crippen LogP contribution is -2.51. The highest BCUT2D eigenvalue weighted by molar-refractivity contribution is 5.68. The second kappa shape index (κ2) is 7.34.